The molecular formula is C23H18F9N3O3. The van der Waals surface area contributed by atoms with Gasteiger partial charge in [-0.05, 0) is 42.3 Å². The lowest BCUT2D eigenvalue weighted by atomic mass is 9.79. The number of halogens is 9. The molecule has 2 aromatic carbocycles. The molecule has 0 bridgehead atoms. The van der Waals surface area contributed by atoms with Gasteiger partial charge >= 0.3 is 24.7 Å². The molecule has 1 atom stereocenters. The van der Waals surface area contributed by atoms with E-state index in [0.29, 0.717) is 23.9 Å². The molecule has 6 nitrogen and oxygen atoms in total. The average molecular weight is 555 g/mol. The molecule has 0 aliphatic rings. The Morgan fingerprint density at radius 2 is 1.63 bits per heavy atom. The van der Waals surface area contributed by atoms with Crippen LogP contribution in [0, 0.1) is 18.6 Å². The highest BCUT2D eigenvalue weighted by molar-refractivity contribution is 5.76. The SMILES string of the molecule is Cc1cc(C[C@](NC(=O)NCC(F)(F)F)(c2ccc(F)cc2)c2cc(F)cc(OC(F)(F)C(F)F)c2)on1. The molecule has 1 heterocycles. The van der Waals surface area contributed by atoms with Crippen LogP contribution in [-0.2, 0) is 12.0 Å². The molecule has 1 aromatic heterocycles. The molecule has 2 N–H and O–H groups in total. The highest BCUT2D eigenvalue weighted by atomic mass is 19.4. The zero-order chi connectivity index (χ0) is 28.3. The molecular weight excluding hydrogens is 537 g/mol. The Balaban J connectivity index is 2.21. The summed E-state index contributed by atoms with van der Waals surface area (Å²) in [7, 11) is 0. The van der Waals surface area contributed by atoms with Crippen LogP contribution in [0.3, 0.4) is 0 Å². The van der Waals surface area contributed by atoms with Crippen molar-refractivity contribution in [3.63, 3.8) is 0 Å². The number of ether oxygens (including phenoxy) is 1. The van der Waals surface area contributed by atoms with Gasteiger partial charge in [-0.15, -0.1) is 0 Å². The van der Waals surface area contributed by atoms with Gasteiger partial charge in [0, 0.05) is 18.6 Å². The average Bonchev–Trinajstić information content (AvgIpc) is 3.20. The van der Waals surface area contributed by atoms with Crippen LogP contribution in [0.15, 0.2) is 53.1 Å². The predicted molar refractivity (Wildman–Crippen MR) is 113 cm³/mol. The van der Waals surface area contributed by atoms with Gasteiger partial charge in [0.1, 0.15) is 29.7 Å². The fraction of sp³-hybridized carbons (Fsp3) is 0.304. The summed E-state index contributed by atoms with van der Waals surface area (Å²) in [6, 6.07) is 5.63. The topological polar surface area (TPSA) is 76.4 Å². The molecule has 0 aliphatic heterocycles. The van der Waals surface area contributed by atoms with Gasteiger partial charge in [-0.25, -0.2) is 13.6 Å². The highest BCUT2D eigenvalue weighted by Gasteiger charge is 2.45. The Morgan fingerprint density at radius 1 is 0.974 bits per heavy atom. The summed E-state index contributed by atoms with van der Waals surface area (Å²) >= 11 is 0. The Bertz CT molecular complexity index is 1260. The second-order valence-corrected chi connectivity index (χ2v) is 8.09. The Hall–Kier alpha value is -3.91. The van der Waals surface area contributed by atoms with E-state index in [-0.39, 0.29) is 11.3 Å². The van der Waals surface area contributed by atoms with Gasteiger partial charge in [0.2, 0.25) is 0 Å². The maximum atomic E-state index is 14.6. The third-order valence-corrected chi connectivity index (χ3v) is 5.10. The van der Waals surface area contributed by atoms with Crippen LogP contribution in [0.2, 0.25) is 0 Å². The maximum Gasteiger partial charge on any atom is 0.461 e. The van der Waals surface area contributed by atoms with Crippen molar-refractivity contribution in [3.8, 4) is 5.75 Å². The molecule has 206 valence electrons. The fourth-order valence-electron chi connectivity index (χ4n) is 3.54. The van der Waals surface area contributed by atoms with Crippen molar-refractivity contribution in [2.75, 3.05) is 6.54 Å². The van der Waals surface area contributed by atoms with E-state index < -0.39 is 66.2 Å². The van der Waals surface area contributed by atoms with Gasteiger partial charge in [-0.1, -0.05) is 17.3 Å². The van der Waals surface area contributed by atoms with Crippen LogP contribution in [0.5, 0.6) is 5.75 Å². The number of rotatable bonds is 9. The van der Waals surface area contributed by atoms with Crippen LogP contribution < -0.4 is 15.4 Å². The second kappa shape index (κ2) is 10.8. The number of nitrogens with zero attached hydrogens (tertiary/aromatic N) is 1. The summed E-state index contributed by atoms with van der Waals surface area (Å²) in [4.78, 5) is 12.6. The summed E-state index contributed by atoms with van der Waals surface area (Å²) in [5.74, 6) is -3.17. The minimum absolute atomic E-state index is 0.0208. The zero-order valence-electron chi connectivity index (χ0n) is 19.2. The lowest BCUT2D eigenvalue weighted by Crippen LogP contribution is -2.53. The first-order valence-corrected chi connectivity index (χ1v) is 10.6. The van der Waals surface area contributed by atoms with Crippen LogP contribution in [0.4, 0.5) is 44.3 Å². The number of alkyl halides is 7. The normalized spacial score (nSPS) is 13.8. The number of benzene rings is 2. The molecule has 3 aromatic rings. The number of amides is 2. The Labute approximate surface area is 208 Å². The van der Waals surface area contributed by atoms with Crippen molar-refractivity contribution < 1.29 is 53.6 Å². The predicted octanol–water partition coefficient (Wildman–Crippen LogP) is 5.85. The van der Waals surface area contributed by atoms with E-state index >= 15 is 0 Å². The van der Waals surface area contributed by atoms with Crippen molar-refractivity contribution in [1.82, 2.24) is 15.8 Å². The lowest BCUT2D eigenvalue weighted by Gasteiger charge is -2.36. The summed E-state index contributed by atoms with van der Waals surface area (Å²) in [5.41, 5.74) is -2.34. The Morgan fingerprint density at radius 3 is 2.18 bits per heavy atom. The molecule has 15 heteroatoms. The number of hydrogen-bond donors (Lipinski definition) is 2. The molecule has 0 saturated heterocycles. The molecule has 0 radical (unpaired) electrons. The number of carbonyl (C=O) groups excluding carboxylic acids is 1. The van der Waals surface area contributed by atoms with Crippen LogP contribution in [-0.4, -0.2) is 36.4 Å². The standard InChI is InChI=1S/C23H18F9N3O3/c1-12-6-18(38-35-12)10-21(13-2-4-15(24)5-3-13,34-20(36)33-11-22(28,29)30)14-7-16(25)9-17(8-14)37-23(31,32)19(26)27/h2-9,19H,10-11H2,1H3,(H2,33,34,36)/t21-/m0/s1. The minimum Gasteiger partial charge on any atom is -0.428 e. The number of aryl methyl sites for hydroxylation is 1. The molecule has 2 amide bonds. The summed E-state index contributed by atoms with van der Waals surface area (Å²) in [6.45, 7) is -0.269. The first kappa shape index (κ1) is 28.7. The minimum atomic E-state index is -5.04. The molecule has 38 heavy (non-hydrogen) atoms. The van der Waals surface area contributed by atoms with Crippen molar-refractivity contribution in [2.24, 2.45) is 0 Å². The number of urea groups is 1. The highest BCUT2D eigenvalue weighted by Crippen LogP contribution is 2.38. The summed E-state index contributed by atoms with van der Waals surface area (Å²) in [6.07, 6.45) is -14.7. The molecule has 3 rings (SSSR count). The molecule has 0 fully saturated rings. The number of aromatic nitrogens is 1. The van der Waals surface area contributed by atoms with Crippen molar-refractivity contribution in [3.05, 3.63) is 82.7 Å². The van der Waals surface area contributed by atoms with Crippen LogP contribution in [0.1, 0.15) is 22.6 Å². The van der Waals surface area contributed by atoms with Crippen LogP contribution in [0.25, 0.3) is 0 Å². The van der Waals surface area contributed by atoms with Crippen LogP contribution >= 0.6 is 0 Å². The third-order valence-electron chi connectivity index (χ3n) is 5.10. The van der Waals surface area contributed by atoms with Gasteiger partial charge in [0.15, 0.2) is 0 Å². The van der Waals surface area contributed by atoms with Crippen molar-refractivity contribution in [2.45, 2.75) is 37.6 Å². The van der Waals surface area contributed by atoms with Gasteiger partial charge in [0.05, 0.1) is 11.2 Å². The monoisotopic (exact) mass is 555 g/mol. The van der Waals surface area contributed by atoms with E-state index in [1.54, 1.807) is 5.32 Å². The second-order valence-electron chi connectivity index (χ2n) is 8.09. The summed E-state index contributed by atoms with van der Waals surface area (Å²) in [5, 5.41) is 7.46. The van der Waals surface area contributed by atoms with E-state index in [2.05, 4.69) is 15.2 Å². The molecule has 0 unspecified atom stereocenters. The molecule has 0 aliphatic carbocycles. The van der Waals surface area contributed by atoms with Gasteiger partial charge in [0.25, 0.3) is 0 Å². The first-order valence-electron chi connectivity index (χ1n) is 10.6. The van der Waals surface area contributed by atoms with Gasteiger partial charge < -0.3 is 19.9 Å². The van der Waals surface area contributed by atoms with E-state index in [9.17, 15) is 44.3 Å². The summed E-state index contributed by atoms with van der Waals surface area (Å²) < 4.78 is 128. The number of nitrogens with one attached hydrogen (secondary N) is 2. The lowest BCUT2D eigenvalue weighted by molar-refractivity contribution is -0.253. The van der Waals surface area contributed by atoms with Gasteiger partial charge in [-0.2, -0.15) is 30.7 Å². The fourth-order valence-corrected chi connectivity index (χ4v) is 3.54. The van der Waals surface area contributed by atoms with Crippen molar-refractivity contribution >= 4 is 6.03 Å². The zero-order valence-corrected chi connectivity index (χ0v) is 19.2. The maximum absolute atomic E-state index is 14.6. The van der Waals surface area contributed by atoms with E-state index in [4.69, 9.17) is 4.52 Å². The quantitative estimate of drug-likeness (QED) is 0.325. The largest absolute Gasteiger partial charge is 0.461 e. The number of carbonyl (C=O) groups is 1. The third kappa shape index (κ3) is 7.10. The van der Waals surface area contributed by atoms with Gasteiger partial charge in [-0.3, -0.25) is 0 Å². The first-order chi connectivity index (χ1) is 17.6. The molecule has 0 saturated carbocycles. The van der Waals surface area contributed by atoms with E-state index in [1.165, 1.54) is 13.0 Å². The van der Waals surface area contributed by atoms with E-state index in [1.807, 2.05) is 0 Å². The van der Waals surface area contributed by atoms with Crippen molar-refractivity contribution in [1.29, 1.82) is 0 Å². The number of hydrogen-bond acceptors (Lipinski definition) is 4. The molecule has 0 spiro atoms. The Kier molecular flexibility index (Phi) is 8.17. The van der Waals surface area contributed by atoms with E-state index in [0.717, 1.165) is 24.3 Å². The smallest absolute Gasteiger partial charge is 0.428 e.